The highest BCUT2D eigenvalue weighted by Gasteiger charge is 2.25. The summed E-state index contributed by atoms with van der Waals surface area (Å²) in [7, 11) is 0. The molecular weight excluding hydrogens is 432 g/mol. The molecule has 0 fully saturated rings. The molecule has 0 saturated heterocycles. The second kappa shape index (κ2) is 13.4. The lowest BCUT2D eigenvalue weighted by molar-refractivity contribution is -0.147. The minimum atomic E-state index is -1.12. The molecular formula is C27H28N2O5. The number of amides is 2. The van der Waals surface area contributed by atoms with Crippen LogP contribution in [0.2, 0.25) is 0 Å². The van der Waals surface area contributed by atoms with Crippen molar-refractivity contribution in [3.05, 3.63) is 108 Å². The maximum Gasteiger partial charge on any atom is 0.408 e. The first-order chi connectivity index (χ1) is 16.6. The van der Waals surface area contributed by atoms with Gasteiger partial charge < -0.3 is 20.1 Å². The molecule has 3 aromatic carbocycles. The van der Waals surface area contributed by atoms with Gasteiger partial charge in [0.15, 0.2) is 0 Å². The van der Waals surface area contributed by atoms with Gasteiger partial charge in [-0.1, -0.05) is 91.0 Å². The monoisotopic (exact) mass is 460 g/mol. The van der Waals surface area contributed by atoms with Gasteiger partial charge in [-0.2, -0.15) is 0 Å². The van der Waals surface area contributed by atoms with Gasteiger partial charge in [0.25, 0.3) is 0 Å². The Balaban J connectivity index is 1.54. The third-order valence-corrected chi connectivity index (χ3v) is 4.99. The minimum absolute atomic E-state index is 0.0491. The Morgan fingerprint density at radius 1 is 0.676 bits per heavy atom. The number of carbonyl (C=O) groups is 3. The van der Waals surface area contributed by atoms with E-state index in [1.165, 1.54) is 0 Å². The topological polar surface area (TPSA) is 93.7 Å². The molecule has 0 unspecified atom stereocenters. The van der Waals surface area contributed by atoms with E-state index in [9.17, 15) is 14.4 Å². The molecule has 0 aromatic heterocycles. The molecule has 3 aromatic rings. The lowest BCUT2D eigenvalue weighted by Gasteiger charge is -2.18. The van der Waals surface area contributed by atoms with Crippen molar-refractivity contribution >= 4 is 18.0 Å². The number of benzene rings is 3. The number of nitrogens with one attached hydrogen (secondary N) is 2. The number of rotatable bonds is 11. The van der Waals surface area contributed by atoms with Gasteiger partial charge in [-0.25, -0.2) is 4.79 Å². The average molecular weight is 461 g/mol. The van der Waals surface area contributed by atoms with Gasteiger partial charge in [-0.05, 0) is 23.1 Å². The lowest BCUT2D eigenvalue weighted by atomic mass is 10.1. The summed E-state index contributed by atoms with van der Waals surface area (Å²) in [6.45, 7) is 0.493. The van der Waals surface area contributed by atoms with Crippen molar-refractivity contribution in [1.29, 1.82) is 0 Å². The first-order valence-corrected chi connectivity index (χ1v) is 11.1. The molecule has 0 spiro atoms. The Hall–Kier alpha value is -4.13. The van der Waals surface area contributed by atoms with E-state index in [1.807, 2.05) is 91.0 Å². The Labute approximate surface area is 199 Å². The molecule has 2 N–H and O–H groups in total. The second-order valence-corrected chi connectivity index (χ2v) is 7.64. The molecule has 0 saturated carbocycles. The molecule has 0 aliphatic heterocycles. The second-order valence-electron chi connectivity index (χ2n) is 7.64. The molecule has 34 heavy (non-hydrogen) atoms. The first kappa shape index (κ1) is 24.5. The maximum atomic E-state index is 12.8. The third-order valence-electron chi connectivity index (χ3n) is 4.99. The number of hydrogen-bond acceptors (Lipinski definition) is 5. The predicted molar refractivity (Wildman–Crippen MR) is 128 cm³/mol. The highest BCUT2D eigenvalue weighted by Crippen LogP contribution is 2.06. The Morgan fingerprint density at radius 2 is 1.18 bits per heavy atom. The summed E-state index contributed by atoms with van der Waals surface area (Å²) < 4.78 is 10.5. The van der Waals surface area contributed by atoms with Crippen LogP contribution in [0.4, 0.5) is 4.79 Å². The van der Waals surface area contributed by atoms with Crippen LogP contribution in [0.5, 0.6) is 0 Å². The molecule has 3 rings (SSSR count). The van der Waals surface area contributed by atoms with E-state index in [-0.39, 0.29) is 19.6 Å². The Bertz CT molecular complexity index is 985. The van der Waals surface area contributed by atoms with E-state index in [0.717, 1.165) is 16.7 Å². The molecule has 7 nitrogen and oxygen atoms in total. The van der Waals surface area contributed by atoms with Gasteiger partial charge in [0.05, 0.1) is 6.42 Å². The van der Waals surface area contributed by atoms with E-state index in [1.54, 1.807) is 0 Å². The summed E-state index contributed by atoms with van der Waals surface area (Å²) in [5, 5.41) is 5.26. The summed E-state index contributed by atoms with van der Waals surface area (Å²) in [6.07, 6.45) is -0.483. The van der Waals surface area contributed by atoms with Gasteiger partial charge in [-0.3, -0.25) is 9.59 Å². The zero-order valence-corrected chi connectivity index (χ0v) is 18.8. The number of hydrogen-bond donors (Lipinski definition) is 2. The van der Waals surface area contributed by atoms with Crippen molar-refractivity contribution < 1.29 is 23.9 Å². The summed E-state index contributed by atoms with van der Waals surface area (Å²) >= 11 is 0. The largest absolute Gasteiger partial charge is 0.461 e. The molecule has 176 valence electrons. The van der Waals surface area contributed by atoms with Crippen LogP contribution in [-0.4, -0.2) is 30.6 Å². The predicted octanol–water partition coefficient (Wildman–Crippen LogP) is 3.77. The van der Waals surface area contributed by atoms with Crippen LogP contribution in [0.15, 0.2) is 91.0 Å². The summed E-state index contributed by atoms with van der Waals surface area (Å²) in [5.41, 5.74) is 2.70. The van der Waals surface area contributed by atoms with Crippen molar-refractivity contribution in [3.63, 3.8) is 0 Å². The molecule has 0 radical (unpaired) electrons. The smallest absolute Gasteiger partial charge is 0.408 e. The van der Waals surface area contributed by atoms with E-state index < -0.39 is 24.0 Å². The van der Waals surface area contributed by atoms with Crippen molar-refractivity contribution in [2.75, 3.05) is 6.54 Å². The lowest BCUT2D eigenvalue weighted by Crippen LogP contribution is -2.48. The van der Waals surface area contributed by atoms with E-state index in [0.29, 0.717) is 13.0 Å². The van der Waals surface area contributed by atoms with Crippen LogP contribution in [0, 0.1) is 0 Å². The average Bonchev–Trinajstić information content (AvgIpc) is 2.87. The van der Waals surface area contributed by atoms with E-state index in [2.05, 4.69) is 10.6 Å². The summed E-state index contributed by atoms with van der Waals surface area (Å²) in [6, 6.07) is 27.0. The molecule has 2 amide bonds. The minimum Gasteiger partial charge on any atom is -0.461 e. The number of esters is 1. The van der Waals surface area contributed by atoms with Gasteiger partial charge in [-0.15, -0.1) is 0 Å². The zero-order chi connectivity index (χ0) is 24.0. The Morgan fingerprint density at radius 3 is 1.74 bits per heavy atom. The van der Waals surface area contributed by atoms with Crippen LogP contribution in [0.1, 0.15) is 23.1 Å². The quantitative estimate of drug-likeness (QED) is 0.425. The maximum absolute atomic E-state index is 12.8. The number of ether oxygens (including phenoxy) is 2. The van der Waals surface area contributed by atoms with Crippen LogP contribution < -0.4 is 10.6 Å². The fourth-order valence-corrected chi connectivity index (χ4v) is 3.18. The van der Waals surface area contributed by atoms with Crippen LogP contribution in [0.25, 0.3) is 0 Å². The van der Waals surface area contributed by atoms with Gasteiger partial charge in [0.2, 0.25) is 5.91 Å². The van der Waals surface area contributed by atoms with Crippen molar-refractivity contribution in [2.45, 2.75) is 32.1 Å². The normalized spacial score (nSPS) is 11.2. The zero-order valence-electron chi connectivity index (χ0n) is 18.8. The van der Waals surface area contributed by atoms with Crippen LogP contribution in [-0.2, 0) is 38.7 Å². The highest BCUT2D eigenvalue weighted by atomic mass is 16.5. The molecule has 7 heteroatoms. The van der Waals surface area contributed by atoms with Crippen molar-refractivity contribution in [2.24, 2.45) is 0 Å². The Kier molecular flexibility index (Phi) is 9.68. The SMILES string of the molecule is O=C(C[C@@H](NC(=O)OCc1ccccc1)C(=O)NCCc1ccccc1)OCc1ccccc1. The fourth-order valence-electron chi connectivity index (χ4n) is 3.18. The molecule has 0 aliphatic carbocycles. The third kappa shape index (κ3) is 8.78. The fraction of sp³-hybridized carbons (Fsp3) is 0.222. The van der Waals surface area contributed by atoms with Crippen molar-refractivity contribution in [3.8, 4) is 0 Å². The molecule has 0 heterocycles. The van der Waals surface area contributed by atoms with Crippen LogP contribution in [0.3, 0.4) is 0 Å². The molecule has 0 aliphatic rings. The highest BCUT2D eigenvalue weighted by molar-refractivity contribution is 5.89. The van der Waals surface area contributed by atoms with Crippen LogP contribution >= 0.6 is 0 Å². The molecule has 1 atom stereocenters. The van der Waals surface area contributed by atoms with Crippen molar-refractivity contribution in [1.82, 2.24) is 10.6 Å². The number of alkyl carbamates (subject to hydrolysis) is 1. The van der Waals surface area contributed by atoms with Gasteiger partial charge in [0, 0.05) is 6.54 Å². The summed E-state index contributed by atoms with van der Waals surface area (Å²) in [4.78, 5) is 37.5. The van der Waals surface area contributed by atoms with E-state index >= 15 is 0 Å². The standard InChI is InChI=1S/C27H28N2O5/c30-25(33-19-22-12-6-2-7-13-22)18-24(26(31)28-17-16-21-10-4-1-5-11-21)29-27(32)34-20-23-14-8-3-9-15-23/h1-15,24H,16-20H2,(H,28,31)(H,29,32)/t24-/m1/s1. The number of carbonyl (C=O) groups excluding carboxylic acids is 3. The van der Waals surface area contributed by atoms with E-state index in [4.69, 9.17) is 9.47 Å². The summed E-state index contributed by atoms with van der Waals surface area (Å²) in [5.74, 6) is -1.08. The van der Waals surface area contributed by atoms with Gasteiger partial charge in [0.1, 0.15) is 19.3 Å². The molecule has 0 bridgehead atoms. The van der Waals surface area contributed by atoms with Gasteiger partial charge >= 0.3 is 12.1 Å². The first-order valence-electron chi connectivity index (χ1n) is 11.1.